The molecule has 2 heterocycles. The van der Waals surface area contributed by atoms with Gasteiger partial charge in [0.2, 0.25) is 6.10 Å². The summed E-state index contributed by atoms with van der Waals surface area (Å²) in [6, 6.07) is -0.132. The number of hydrogen-bond donors (Lipinski definition) is 4. The predicted molar refractivity (Wildman–Crippen MR) is 72.4 cm³/mol. The lowest BCUT2D eigenvalue weighted by Gasteiger charge is -2.25. The molecule has 7 nitrogen and oxygen atoms in total. The number of aliphatic hydroxyl groups excluding tert-OH is 1. The standard InChI is InChI=1S/C11H17N3O4S/c1-5(2-3-15)14-11(16)6-4-17-7-8(18-6)10(13)19-9(7)12/h5-6,15H,2-4,12-13H2,1H3,(H,14,16). The summed E-state index contributed by atoms with van der Waals surface area (Å²) in [4.78, 5) is 11.9. The summed E-state index contributed by atoms with van der Waals surface area (Å²) in [6.45, 7) is 1.91. The maximum absolute atomic E-state index is 11.9. The van der Waals surface area contributed by atoms with Crippen molar-refractivity contribution in [3.8, 4) is 11.5 Å². The first kappa shape index (κ1) is 13.8. The number of anilines is 2. The van der Waals surface area contributed by atoms with Gasteiger partial charge in [-0.15, -0.1) is 0 Å². The van der Waals surface area contributed by atoms with Gasteiger partial charge in [0, 0.05) is 12.6 Å². The second kappa shape index (κ2) is 5.54. The highest BCUT2D eigenvalue weighted by molar-refractivity contribution is 7.20. The number of fused-ring (bicyclic) bond motifs is 1. The van der Waals surface area contributed by atoms with Crippen LogP contribution in [0.2, 0.25) is 0 Å². The number of carbonyl (C=O) groups excluding carboxylic acids is 1. The number of nitrogens with one attached hydrogen (secondary N) is 1. The molecule has 106 valence electrons. The molecule has 1 aromatic rings. The minimum atomic E-state index is -0.759. The molecule has 0 fully saturated rings. The molecule has 1 aromatic heterocycles. The fourth-order valence-corrected chi connectivity index (χ4v) is 2.46. The van der Waals surface area contributed by atoms with E-state index < -0.39 is 6.10 Å². The molecular weight excluding hydrogens is 270 g/mol. The summed E-state index contributed by atoms with van der Waals surface area (Å²) in [7, 11) is 0. The number of carbonyl (C=O) groups is 1. The molecular formula is C11H17N3O4S. The number of ether oxygens (including phenoxy) is 2. The number of hydrogen-bond acceptors (Lipinski definition) is 7. The van der Waals surface area contributed by atoms with Crippen LogP contribution in [-0.4, -0.2) is 36.4 Å². The van der Waals surface area contributed by atoms with Crippen LogP contribution >= 0.6 is 11.3 Å². The van der Waals surface area contributed by atoms with Crippen LogP contribution in [0.4, 0.5) is 10.0 Å². The summed E-state index contributed by atoms with van der Waals surface area (Å²) < 4.78 is 11.0. The van der Waals surface area contributed by atoms with Crippen molar-refractivity contribution < 1.29 is 19.4 Å². The molecule has 0 saturated carbocycles. The maximum Gasteiger partial charge on any atom is 0.264 e. The molecule has 1 aliphatic rings. The molecule has 0 bridgehead atoms. The van der Waals surface area contributed by atoms with Gasteiger partial charge in [0.1, 0.15) is 16.6 Å². The molecule has 2 atom stereocenters. The van der Waals surface area contributed by atoms with Gasteiger partial charge in [0.15, 0.2) is 11.5 Å². The Balaban J connectivity index is 2.01. The highest BCUT2D eigenvalue weighted by Crippen LogP contribution is 2.48. The van der Waals surface area contributed by atoms with Crippen LogP contribution < -0.4 is 26.3 Å². The smallest absolute Gasteiger partial charge is 0.264 e. The Kier molecular flexibility index (Phi) is 4.01. The molecule has 6 N–H and O–H groups in total. The van der Waals surface area contributed by atoms with Crippen LogP contribution in [0, 0.1) is 0 Å². The lowest BCUT2D eigenvalue weighted by atomic mass is 10.2. The fraction of sp³-hybridized carbons (Fsp3) is 0.545. The van der Waals surface area contributed by atoms with E-state index in [0.29, 0.717) is 27.9 Å². The maximum atomic E-state index is 11.9. The van der Waals surface area contributed by atoms with Crippen LogP contribution in [0.3, 0.4) is 0 Å². The molecule has 8 heteroatoms. The number of amides is 1. The van der Waals surface area contributed by atoms with Gasteiger partial charge < -0.3 is 31.4 Å². The van der Waals surface area contributed by atoms with Gasteiger partial charge in [0.05, 0.1) is 0 Å². The third-order valence-electron chi connectivity index (χ3n) is 2.76. The summed E-state index contributed by atoms with van der Waals surface area (Å²) >= 11 is 1.16. The van der Waals surface area contributed by atoms with Gasteiger partial charge in [-0.25, -0.2) is 0 Å². The van der Waals surface area contributed by atoms with Crippen molar-refractivity contribution in [2.75, 3.05) is 24.7 Å². The van der Waals surface area contributed by atoms with Gasteiger partial charge in [-0.2, -0.15) is 0 Å². The molecule has 0 aromatic carbocycles. The molecule has 0 spiro atoms. The second-order valence-corrected chi connectivity index (χ2v) is 5.41. The van der Waals surface area contributed by atoms with E-state index in [9.17, 15) is 4.79 Å². The minimum Gasteiger partial charge on any atom is -0.482 e. The average molecular weight is 287 g/mol. The third-order valence-corrected chi connectivity index (χ3v) is 3.57. The zero-order chi connectivity index (χ0) is 14.0. The second-order valence-electron chi connectivity index (χ2n) is 4.33. The van der Waals surface area contributed by atoms with Gasteiger partial charge in [-0.1, -0.05) is 11.3 Å². The zero-order valence-corrected chi connectivity index (χ0v) is 11.3. The Bertz CT molecular complexity index is 477. The predicted octanol–water partition coefficient (Wildman–Crippen LogP) is -0.0606. The van der Waals surface area contributed by atoms with Crippen molar-refractivity contribution in [3.05, 3.63) is 0 Å². The largest absolute Gasteiger partial charge is 0.482 e. The van der Waals surface area contributed by atoms with Crippen molar-refractivity contribution in [2.45, 2.75) is 25.5 Å². The number of aliphatic hydroxyl groups is 1. The SMILES string of the molecule is CC(CCO)NC(=O)C1COc2c(N)sc(N)c2O1. The lowest BCUT2D eigenvalue weighted by molar-refractivity contribution is -0.130. The summed E-state index contributed by atoms with van der Waals surface area (Å²) in [5.74, 6) is 0.453. The third kappa shape index (κ3) is 2.85. The number of nitrogen functional groups attached to an aromatic ring is 2. The van der Waals surface area contributed by atoms with Crippen LogP contribution in [0.1, 0.15) is 13.3 Å². The van der Waals surface area contributed by atoms with Crippen LogP contribution in [-0.2, 0) is 4.79 Å². The average Bonchev–Trinajstić information content (AvgIpc) is 2.65. The Hall–Kier alpha value is -1.67. The first-order valence-electron chi connectivity index (χ1n) is 5.91. The monoisotopic (exact) mass is 287 g/mol. The number of rotatable bonds is 4. The van der Waals surface area contributed by atoms with Gasteiger partial charge in [-0.05, 0) is 13.3 Å². The molecule has 0 saturated heterocycles. The van der Waals surface area contributed by atoms with Gasteiger partial charge in [0.25, 0.3) is 5.91 Å². The Morgan fingerprint density at radius 1 is 1.53 bits per heavy atom. The number of nitrogens with two attached hydrogens (primary N) is 2. The van der Waals surface area contributed by atoms with Crippen LogP contribution in [0.25, 0.3) is 0 Å². The molecule has 1 aliphatic heterocycles. The van der Waals surface area contributed by atoms with Crippen molar-refractivity contribution in [1.82, 2.24) is 5.32 Å². The van der Waals surface area contributed by atoms with Crippen molar-refractivity contribution in [1.29, 1.82) is 0 Å². The van der Waals surface area contributed by atoms with Crippen LogP contribution in [0.5, 0.6) is 11.5 Å². The van der Waals surface area contributed by atoms with Crippen LogP contribution in [0.15, 0.2) is 0 Å². The van der Waals surface area contributed by atoms with E-state index in [4.69, 9.17) is 26.0 Å². The molecule has 0 radical (unpaired) electrons. The zero-order valence-electron chi connectivity index (χ0n) is 10.5. The van der Waals surface area contributed by atoms with E-state index >= 15 is 0 Å². The first-order chi connectivity index (χ1) is 9.02. The van der Waals surface area contributed by atoms with Gasteiger partial charge >= 0.3 is 0 Å². The van der Waals surface area contributed by atoms with E-state index in [1.54, 1.807) is 6.92 Å². The van der Waals surface area contributed by atoms with Crippen molar-refractivity contribution in [2.24, 2.45) is 0 Å². The highest BCUT2D eigenvalue weighted by Gasteiger charge is 2.32. The van der Waals surface area contributed by atoms with E-state index in [1.807, 2.05) is 0 Å². The topological polar surface area (TPSA) is 120 Å². The molecule has 19 heavy (non-hydrogen) atoms. The Labute approximate surface area is 114 Å². The van der Waals surface area contributed by atoms with Gasteiger partial charge in [-0.3, -0.25) is 4.79 Å². The highest BCUT2D eigenvalue weighted by atomic mass is 32.1. The van der Waals surface area contributed by atoms with E-state index in [0.717, 1.165) is 11.3 Å². The normalized spacial score (nSPS) is 18.9. The van der Waals surface area contributed by atoms with E-state index in [2.05, 4.69) is 5.32 Å². The Morgan fingerprint density at radius 2 is 2.21 bits per heavy atom. The molecule has 0 aliphatic carbocycles. The van der Waals surface area contributed by atoms with E-state index in [-0.39, 0.29) is 25.2 Å². The quantitative estimate of drug-likeness (QED) is 0.616. The summed E-state index contributed by atoms with van der Waals surface area (Å²) in [5.41, 5.74) is 11.5. The molecule has 1 amide bonds. The van der Waals surface area contributed by atoms with E-state index in [1.165, 1.54) is 0 Å². The minimum absolute atomic E-state index is 0.0155. The molecule has 2 unspecified atom stereocenters. The fourth-order valence-electron chi connectivity index (χ4n) is 1.75. The van der Waals surface area contributed by atoms with Crippen molar-refractivity contribution >= 4 is 27.2 Å². The number of thiophene rings is 1. The Morgan fingerprint density at radius 3 is 2.89 bits per heavy atom. The first-order valence-corrected chi connectivity index (χ1v) is 6.73. The summed E-state index contributed by atoms with van der Waals surface area (Å²) in [6.07, 6.45) is -0.275. The van der Waals surface area contributed by atoms with Crippen molar-refractivity contribution in [3.63, 3.8) is 0 Å². The summed E-state index contributed by atoms with van der Waals surface area (Å²) in [5, 5.41) is 12.4. The molecule has 2 rings (SSSR count). The lowest BCUT2D eigenvalue weighted by Crippen LogP contribution is -2.47.